The van der Waals surface area contributed by atoms with Crippen LogP contribution in [0.25, 0.3) is 10.9 Å². The van der Waals surface area contributed by atoms with Gasteiger partial charge in [-0.25, -0.2) is 4.98 Å². The molecule has 5 nitrogen and oxygen atoms in total. The summed E-state index contributed by atoms with van der Waals surface area (Å²) < 4.78 is 5.75. The Hall–Kier alpha value is -3.73. The molecule has 5 heteroatoms. The van der Waals surface area contributed by atoms with Crippen LogP contribution < -0.4 is 10.1 Å². The van der Waals surface area contributed by atoms with Gasteiger partial charge >= 0.3 is 0 Å². The van der Waals surface area contributed by atoms with Crippen molar-refractivity contribution in [2.24, 2.45) is 0 Å². The second-order valence-electron chi connectivity index (χ2n) is 5.64. The SMILES string of the molecule is O=C(Nc1cnc2ccccc2c1)c1cccnc1Oc1ccccc1. The molecule has 0 unspecified atom stereocenters. The second kappa shape index (κ2) is 7.03. The fraction of sp³-hybridized carbons (Fsp3) is 0. The first-order valence-corrected chi connectivity index (χ1v) is 8.14. The summed E-state index contributed by atoms with van der Waals surface area (Å²) in [7, 11) is 0. The van der Waals surface area contributed by atoms with Gasteiger partial charge in [0.15, 0.2) is 0 Å². The highest BCUT2D eigenvalue weighted by Gasteiger charge is 2.15. The molecule has 0 fully saturated rings. The number of nitrogens with zero attached hydrogens (tertiary/aromatic N) is 2. The molecule has 2 aromatic heterocycles. The summed E-state index contributed by atoms with van der Waals surface area (Å²) in [4.78, 5) is 21.2. The minimum Gasteiger partial charge on any atom is -0.438 e. The zero-order chi connectivity index (χ0) is 17.8. The number of aromatic nitrogens is 2. The molecule has 2 heterocycles. The normalized spacial score (nSPS) is 10.5. The fourth-order valence-corrected chi connectivity index (χ4v) is 2.58. The van der Waals surface area contributed by atoms with Crippen LogP contribution in [0.2, 0.25) is 0 Å². The number of hydrogen-bond donors (Lipinski definition) is 1. The van der Waals surface area contributed by atoms with Gasteiger partial charge in [-0.3, -0.25) is 9.78 Å². The van der Waals surface area contributed by atoms with Gasteiger partial charge in [0.25, 0.3) is 5.91 Å². The maximum atomic E-state index is 12.7. The van der Waals surface area contributed by atoms with Crippen LogP contribution in [0, 0.1) is 0 Å². The van der Waals surface area contributed by atoms with Crippen molar-refractivity contribution in [3.63, 3.8) is 0 Å². The van der Waals surface area contributed by atoms with Crippen molar-refractivity contribution in [3.05, 3.63) is 90.8 Å². The van der Waals surface area contributed by atoms with Gasteiger partial charge in [-0.05, 0) is 36.4 Å². The van der Waals surface area contributed by atoms with E-state index in [9.17, 15) is 4.79 Å². The number of benzene rings is 2. The lowest BCUT2D eigenvalue weighted by Crippen LogP contribution is -2.13. The highest BCUT2D eigenvalue weighted by Crippen LogP contribution is 2.24. The third kappa shape index (κ3) is 3.37. The van der Waals surface area contributed by atoms with E-state index in [1.54, 1.807) is 24.5 Å². The minimum atomic E-state index is -0.305. The maximum absolute atomic E-state index is 12.7. The molecule has 0 aliphatic heterocycles. The second-order valence-corrected chi connectivity index (χ2v) is 5.64. The number of amides is 1. The van der Waals surface area contributed by atoms with E-state index < -0.39 is 0 Å². The lowest BCUT2D eigenvalue weighted by atomic mass is 10.2. The number of nitrogens with one attached hydrogen (secondary N) is 1. The van der Waals surface area contributed by atoms with E-state index in [1.165, 1.54) is 0 Å². The first-order chi connectivity index (χ1) is 12.8. The Morgan fingerprint density at radius 2 is 1.69 bits per heavy atom. The third-order valence-electron chi connectivity index (χ3n) is 3.82. The van der Waals surface area contributed by atoms with Gasteiger partial charge in [0, 0.05) is 11.6 Å². The van der Waals surface area contributed by atoms with Crippen LogP contribution >= 0.6 is 0 Å². The Morgan fingerprint density at radius 1 is 0.885 bits per heavy atom. The monoisotopic (exact) mass is 341 g/mol. The number of carbonyl (C=O) groups excluding carboxylic acids is 1. The lowest BCUT2D eigenvalue weighted by molar-refractivity contribution is 0.102. The molecule has 4 rings (SSSR count). The van der Waals surface area contributed by atoms with E-state index in [0.717, 1.165) is 10.9 Å². The number of rotatable bonds is 4. The molecule has 0 aliphatic rings. The summed E-state index contributed by atoms with van der Waals surface area (Å²) in [5.41, 5.74) is 1.84. The number of anilines is 1. The first kappa shape index (κ1) is 15.8. The molecule has 126 valence electrons. The topological polar surface area (TPSA) is 64.1 Å². The predicted molar refractivity (Wildman–Crippen MR) is 100 cm³/mol. The van der Waals surface area contributed by atoms with E-state index in [4.69, 9.17) is 4.74 Å². The number of para-hydroxylation sites is 2. The number of pyridine rings is 2. The molecule has 26 heavy (non-hydrogen) atoms. The van der Waals surface area contributed by atoms with Crippen LogP contribution in [-0.2, 0) is 0 Å². The zero-order valence-electron chi connectivity index (χ0n) is 13.8. The van der Waals surface area contributed by atoms with Gasteiger partial charge < -0.3 is 10.1 Å². The number of ether oxygens (including phenoxy) is 1. The number of hydrogen-bond acceptors (Lipinski definition) is 4. The van der Waals surface area contributed by atoms with E-state index in [1.807, 2.05) is 60.7 Å². The average molecular weight is 341 g/mol. The first-order valence-electron chi connectivity index (χ1n) is 8.14. The Balaban J connectivity index is 1.59. The average Bonchev–Trinajstić information content (AvgIpc) is 2.69. The Labute approximate surface area is 150 Å². The van der Waals surface area contributed by atoms with Crippen LogP contribution in [0.4, 0.5) is 5.69 Å². The van der Waals surface area contributed by atoms with Gasteiger partial charge in [-0.1, -0.05) is 36.4 Å². The van der Waals surface area contributed by atoms with Crippen LogP contribution in [0.3, 0.4) is 0 Å². The molecular weight excluding hydrogens is 326 g/mol. The standard InChI is InChI=1S/C21H15N3O2/c25-20(24-16-13-15-7-4-5-11-19(15)23-14-16)18-10-6-12-22-21(18)26-17-8-2-1-3-9-17/h1-14H,(H,24,25). The summed E-state index contributed by atoms with van der Waals surface area (Å²) in [6, 6.07) is 22.2. The fourth-order valence-electron chi connectivity index (χ4n) is 2.58. The molecule has 0 radical (unpaired) electrons. The van der Waals surface area contributed by atoms with Crippen molar-refractivity contribution >= 4 is 22.5 Å². The summed E-state index contributed by atoms with van der Waals surface area (Å²) in [5, 5.41) is 3.81. The van der Waals surface area contributed by atoms with Crippen molar-refractivity contribution in [1.82, 2.24) is 9.97 Å². The quantitative estimate of drug-likeness (QED) is 0.586. The molecule has 0 atom stereocenters. The summed E-state index contributed by atoms with van der Waals surface area (Å²) in [5.74, 6) is 0.568. The van der Waals surface area contributed by atoms with Crippen molar-refractivity contribution in [1.29, 1.82) is 0 Å². The smallest absolute Gasteiger partial charge is 0.261 e. The molecule has 0 spiro atoms. The van der Waals surface area contributed by atoms with E-state index in [2.05, 4.69) is 15.3 Å². The van der Waals surface area contributed by atoms with Crippen molar-refractivity contribution in [2.75, 3.05) is 5.32 Å². The Bertz CT molecular complexity index is 1060. The zero-order valence-corrected chi connectivity index (χ0v) is 13.8. The van der Waals surface area contributed by atoms with Crippen molar-refractivity contribution < 1.29 is 9.53 Å². The molecule has 2 aromatic carbocycles. The third-order valence-corrected chi connectivity index (χ3v) is 3.82. The molecule has 4 aromatic rings. The molecule has 0 saturated carbocycles. The van der Waals surface area contributed by atoms with Crippen LogP contribution in [0.1, 0.15) is 10.4 Å². The highest BCUT2D eigenvalue weighted by atomic mass is 16.5. The summed E-state index contributed by atoms with van der Waals surface area (Å²) in [6.45, 7) is 0. The molecular formula is C21H15N3O2. The van der Waals surface area contributed by atoms with Crippen LogP contribution in [0.15, 0.2) is 85.2 Å². The van der Waals surface area contributed by atoms with Crippen molar-refractivity contribution in [3.8, 4) is 11.6 Å². The molecule has 0 saturated heterocycles. The number of fused-ring (bicyclic) bond motifs is 1. The minimum absolute atomic E-state index is 0.255. The Kier molecular flexibility index (Phi) is 4.26. The Morgan fingerprint density at radius 3 is 2.58 bits per heavy atom. The van der Waals surface area contributed by atoms with Crippen LogP contribution in [0.5, 0.6) is 11.6 Å². The van der Waals surface area contributed by atoms with E-state index in [0.29, 0.717) is 17.0 Å². The number of carbonyl (C=O) groups is 1. The lowest BCUT2D eigenvalue weighted by Gasteiger charge is -2.10. The molecule has 1 N–H and O–H groups in total. The molecule has 0 bridgehead atoms. The summed E-state index contributed by atoms with van der Waals surface area (Å²) >= 11 is 0. The van der Waals surface area contributed by atoms with Crippen LogP contribution in [-0.4, -0.2) is 15.9 Å². The van der Waals surface area contributed by atoms with Gasteiger partial charge in [0.1, 0.15) is 11.3 Å². The van der Waals surface area contributed by atoms with Gasteiger partial charge in [-0.2, -0.15) is 0 Å². The van der Waals surface area contributed by atoms with Gasteiger partial charge in [0.05, 0.1) is 17.4 Å². The maximum Gasteiger partial charge on any atom is 0.261 e. The predicted octanol–water partition coefficient (Wildman–Crippen LogP) is 4.67. The van der Waals surface area contributed by atoms with E-state index in [-0.39, 0.29) is 11.8 Å². The van der Waals surface area contributed by atoms with Gasteiger partial charge in [-0.15, -0.1) is 0 Å². The van der Waals surface area contributed by atoms with E-state index >= 15 is 0 Å². The van der Waals surface area contributed by atoms with Crippen molar-refractivity contribution in [2.45, 2.75) is 0 Å². The molecule has 1 amide bonds. The molecule has 0 aliphatic carbocycles. The highest BCUT2D eigenvalue weighted by molar-refractivity contribution is 6.06. The van der Waals surface area contributed by atoms with Gasteiger partial charge in [0.2, 0.25) is 5.88 Å². The summed E-state index contributed by atoms with van der Waals surface area (Å²) in [6.07, 6.45) is 3.22. The largest absolute Gasteiger partial charge is 0.438 e.